The van der Waals surface area contributed by atoms with Crippen LogP contribution < -0.4 is 4.74 Å². The number of hydrogen-bond donors (Lipinski definition) is 0. The van der Waals surface area contributed by atoms with Crippen LogP contribution in [-0.2, 0) is 4.74 Å². The van der Waals surface area contributed by atoms with Crippen molar-refractivity contribution in [3.63, 3.8) is 0 Å². The second kappa shape index (κ2) is 9.67. The first-order valence-corrected chi connectivity index (χ1v) is 11.2. The van der Waals surface area contributed by atoms with Gasteiger partial charge in [-0.05, 0) is 105 Å². The molecule has 0 heterocycles. The van der Waals surface area contributed by atoms with E-state index in [9.17, 15) is 4.39 Å². The van der Waals surface area contributed by atoms with E-state index in [2.05, 4.69) is 18.8 Å². The van der Waals surface area contributed by atoms with Crippen molar-refractivity contribution >= 4 is 0 Å². The van der Waals surface area contributed by atoms with Gasteiger partial charge in [0.25, 0.3) is 0 Å². The van der Waals surface area contributed by atoms with Gasteiger partial charge in [-0.3, -0.25) is 0 Å². The average Bonchev–Trinajstić information content (AvgIpc) is 2.78. The normalized spacial score (nSPS) is 25.7. The molecule has 2 nitrogen and oxygen atoms in total. The Balaban J connectivity index is 1.41. The molecule has 2 aromatic rings. The summed E-state index contributed by atoms with van der Waals surface area (Å²) in [5.41, 5.74) is 2.48. The van der Waals surface area contributed by atoms with Crippen LogP contribution in [0.4, 0.5) is 4.39 Å². The lowest BCUT2D eigenvalue weighted by Gasteiger charge is -2.42. The van der Waals surface area contributed by atoms with Crippen LogP contribution in [0.3, 0.4) is 0 Å². The van der Waals surface area contributed by atoms with Crippen molar-refractivity contribution in [2.45, 2.75) is 57.5 Å². The average molecular weight is 407 g/mol. The summed E-state index contributed by atoms with van der Waals surface area (Å²) in [5.74, 6) is 8.69. The van der Waals surface area contributed by atoms with Crippen molar-refractivity contribution in [2.75, 3.05) is 13.7 Å². The summed E-state index contributed by atoms with van der Waals surface area (Å²) >= 11 is 0. The van der Waals surface area contributed by atoms with Crippen LogP contribution in [0.25, 0.3) is 0 Å². The van der Waals surface area contributed by atoms with Crippen LogP contribution >= 0.6 is 0 Å². The maximum absolute atomic E-state index is 14.9. The topological polar surface area (TPSA) is 18.5 Å². The Morgan fingerprint density at radius 2 is 1.60 bits per heavy atom. The summed E-state index contributed by atoms with van der Waals surface area (Å²) in [5, 5.41) is 0. The summed E-state index contributed by atoms with van der Waals surface area (Å²) in [6.07, 6.45) is 7.38. The third-order valence-corrected chi connectivity index (χ3v) is 6.85. The van der Waals surface area contributed by atoms with E-state index < -0.39 is 0 Å². The summed E-state index contributed by atoms with van der Waals surface area (Å²) < 4.78 is 26.0. The molecule has 0 saturated heterocycles. The molecule has 0 aliphatic heterocycles. The fourth-order valence-electron chi connectivity index (χ4n) is 5.27. The Hall–Kier alpha value is -2.31. The van der Waals surface area contributed by atoms with Gasteiger partial charge in [0.05, 0.1) is 13.2 Å². The van der Waals surface area contributed by atoms with Crippen molar-refractivity contribution in [3.8, 4) is 17.6 Å². The smallest absolute Gasteiger partial charge is 0.127 e. The fraction of sp³-hybridized carbons (Fsp3) is 0.481. The van der Waals surface area contributed by atoms with E-state index >= 15 is 0 Å². The lowest BCUT2D eigenvalue weighted by atomic mass is 9.65. The van der Waals surface area contributed by atoms with Crippen LogP contribution in [0, 0.1) is 29.5 Å². The molecule has 4 atom stereocenters. The van der Waals surface area contributed by atoms with Crippen molar-refractivity contribution < 1.29 is 13.9 Å². The second-order valence-corrected chi connectivity index (χ2v) is 8.64. The van der Waals surface area contributed by atoms with E-state index in [-0.39, 0.29) is 5.82 Å². The molecule has 2 aliphatic rings. The molecule has 0 radical (unpaired) electrons. The number of benzene rings is 2. The third-order valence-electron chi connectivity index (χ3n) is 6.85. The molecular formula is C27H31FO2. The minimum Gasteiger partial charge on any atom is -0.497 e. The Morgan fingerprint density at radius 1 is 0.900 bits per heavy atom. The first-order valence-electron chi connectivity index (χ1n) is 11.2. The highest BCUT2D eigenvalue weighted by Crippen LogP contribution is 2.47. The molecule has 2 aromatic carbocycles. The van der Waals surface area contributed by atoms with Crippen LogP contribution in [0.2, 0.25) is 0 Å². The van der Waals surface area contributed by atoms with Crippen molar-refractivity contribution in [2.24, 2.45) is 11.8 Å². The molecule has 2 saturated carbocycles. The summed E-state index contributed by atoms with van der Waals surface area (Å²) in [6.45, 7) is 2.89. The van der Waals surface area contributed by atoms with Crippen LogP contribution in [0.1, 0.15) is 68.1 Å². The Labute approximate surface area is 179 Å². The van der Waals surface area contributed by atoms with Gasteiger partial charge in [0.1, 0.15) is 11.6 Å². The molecule has 4 rings (SSSR count). The molecule has 158 valence electrons. The number of hydrogen-bond acceptors (Lipinski definition) is 2. The molecule has 0 aromatic heterocycles. The number of rotatable bonds is 4. The van der Waals surface area contributed by atoms with Crippen LogP contribution in [-0.4, -0.2) is 19.8 Å². The van der Waals surface area contributed by atoms with Gasteiger partial charge in [-0.25, -0.2) is 4.39 Å². The molecule has 3 heteroatoms. The number of ether oxygens (including phenoxy) is 2. The lowest BCUT2D eigenvalue weighted by Crippen LogP contribution is -2.33. The van der Waals surface area contributed by atoms with Gasteiger partial charge in [0, 0.05) is 17.7 Å². The highest BCUT2D eigenvalue weighted by molar-refractivity contribution is 5.45. The molecule has 0 bridgehead atoms. The fourth-order valence-corrected chi connectivity index (χ4v) is 5.27. The standard InChI is InChI=1S/C27H31FO2/c1-3-30-25-14-11-21-17-23(10-9-22(21)18-25)26-15-8-20(16-27(26)28)5-4-19-6-12-24(29-2)13-7-19/h6-8,12-13,15-16,21-23,25H,3,9-11,14,17-18H2,1-2H3. The molecule has 30 heavy (non-hydrogen) atoms. The largest absolute Gasteiger partial charge is 0.497 e. The minimum atomic E-state index is -0.108. The zero-order valence-corrected chi connectivity index (χ0v) is 18.0. The molecule has 4 unspecified atom stereocenters. The number of halogens is 1. The van der Waals surface area contributed by atoms with Gasteiger partial charge in [-0.2, -0.15) is 0 Å². The van der Waals surface area contributed by atoms with E-state index in [1.54, 1.807) is 13.2 Å². The van der Waals surface area contributed by atoms with Gasteiger partial charge >= 0.3 is 0 Å². The Bertz CT molecular complexity index is 909. The summed E-state index contributed by atoms with van der Waals surface area (Å²) in [7, 11) is 1.64. The molecule has 2 fully saturated rings. The number of methoxy groups -OCH3 is 1. The molecular weight excluding hydrogens is 375 g/mol. The maximum Gasteiger partial charge on any atom is 0.127 e. The molecule has 0 spiro atoms. The van der Waals surface area contributed by atoms with E-state index in [0.717, 1.165) is 60.1 Å². The minimum absolute atomic E-state index is 0.108. The van der Waals surface area contributed by atoms with Gasteiger partial charge in [-0.1, -0.05) is 17.9 Å². The first kappa shape index (κ1) is 20.9. The summed E-state index contributed by atoms with van der Waals surface area (Å²) in [6, 6.07) is 13.1. The highest BCUT2D eigenvalue weighted by Gasteiger charge is 2.36. The Morgan fingerprint density at radius 3 is 2.33 bits per heavy atom. The highest BCUT2D eigenvalue weighted by atomic mass is 19.1. The predicted octanol–water partition coefficient (Wildman–Crippen LogP) is 6.32. The van der Waals surface area contributed by atoms with E-state index in [0.29, 0.717) is 12.0 Å². The predicted molar refractivity (Wildman–Crippen MR) is 118 cm³/mol. The van der Waals surface area contributed by atoms with Crippen LogP contribution in [0.5, 0.6) is 5.75 Å². The molecule has 0 amide bonds. The van der Waals surface area contributed by atoms with Gasteiger partial charge in [0.2, 0.25) is 0 Å². The lowest BCUT2D eigenvalue weighted by molar-refractivity contribution is -0.00968. The maximum atomic E-state index is 14.9. The quantitative estimate of drug-likeness (QED) is 0.553. The van der Waals surface area contributed by atoms with Gasteiger partial charge in [0.15, 0.2) is 0 Å². The van der Waals surface area contributed by atoms with E-state index in [1.165, 1.54) is 19.3 Å². The third kappa shape index (κ3) is 4.87. The van der Waals surface area contributed by atoms with Crippen molar-refractivity contribution in [1.82, 2.24) is 0 Å². The monoisotopic (exact) mass is 406 g/mol. The van der Waals surface area contributed by atoms with Crippen LogP contribution in [0.15, 0.2) is 42.5 Å². The molecule has 0 N–H and O–H groups in total. The zero-order chi connectivity index (χ0) is 20.9. The Kier molecular flexibility index (Phi) is 6.75. The van der Waals surface area contributed by atoms with Crippen molar-refractivity contribution in [3.05, 3.63) is 65.0 Å². The van der Waals surface area contributed by atoms with E-state index in [1.807, 2.05) is 36.4 Å². The van der Waals surface area contributed by atoms with Gasteiger partial charge in [-0.15, -0.1) is 0 Å². The summed E-state index contributed by atoms with van der Waals surface area (Å²) in [4.78, 5) is 0. The van der Waals surface area contributed by atoms with E-state index in [4.69, 9.17) is 9.47 Å². The molecule has 2 aliphatic carbocycles. The first-order chi connectivity index (χ1) is 14.7. The number of fused-ring (bicyclic) bond motifs is 1. The SMILES string of the molecule is CCOC1CCC2CC(c3ccc(C#Cc4ccc(OC)cc4)cc3F)CCC2C1. The van der Waals surface area contributed by atoms with Gasteiger partial charge < -0.3 is 9.47 Å². The second-order valence-electron chi connectivity index (χ2n) is 8.64. The zero-order valence-electron chi connectivity index (χ0n) is 18.0. The van der Waals surface area contributed by atoms with Crippen molar-refractivity contribution in [1.29, 1.82) is 0 Å².